The second-order valence-electron chi connectivity index (χ2n) is 7.15. The van der Waals surface area contributed by atoms with E-state index in [9.17, 15) is 14.9 Å². The van der Waals surface area contributed by atoms with E-state index in [0.29, 0.717) is 38.4 Å². The number of thiazole rings is 1. The molecule has 34 heavy (non-hydrogen) atoms. The van der Waals surface area contributed by atoms with Gasteiger partial charge in [-0.25, -0.2) is 9.97 Å². The number of imidazole rings is 1. The van der Waals surface area contributed by atoms with Crippen LogP contribution in [0.15, 0.2) is 60.1 Å². The minimum absolute atomic E-state index is 0.240. The lowest BCUT2D eigenvalue weighted by molar-refractivity contribution is -0.136. The molecule has 0 aliphatic heterocycles. The van der Waals surface area contributed by atoms with Gasteiger partial charge in [0, 0.05) is 17.5 Å². The molecule has 2 N–H and O–H groups in total. The van der Waals surface area contributed by atoms with Crippen LogP contribution in [0.1, 0.15) is 22.7 Å². The zero-order valence-corrected chi connectivity index (χ0v) is 19.9. The molecule has 170 valence electrons. The molecule has 2 heterocycles. The summed E-state index contributed by atoms with van der Waals surface area (Å²) in [5.74, 6) is -1.21. The second kappa shape index (κ2) is 10.1. The van der Waals surface area contributed by atoms with E-state index in [1.165, 1.54) is 6.20 Å². The summed E-state index contributed by atoms with van der Waals surface area (Å²) in [4.78, 5) is 33.9. The van der Waals surface area contributed by atoms with Gasteiger partial charge in [-0.15, -0.1) is 11.3 Å². The average Bonchev–Trinajstić information content (AvgIpc) is 3.44. The summed E-state index contributed by atoms with van der Waals surface area (Å²) in [5, 5.41) is 17.4. The van der Waals surface area contributed by atoms with E-state index in [1.54, 1.807) is 65.5 Å². The number of aromatic nitrogens is 3. The quantitative estimate of drug-likeness (QED) is 0.382. The molecule has 2 aromatic heterocycles. The largest absolute Gasteiger partial charge is 0.337 e. The van der Waals surface area contributed by atoms with Gasteiger partial charge in [-0.3, -0.25) is 14.9 Å². The molecule has 0 spiro atoms. The van der Waals surface area contributed by atoms with E-state index in [4.69, 9.17) is 23.2 Å². The average molecular weight is 511 g/mol. The second-order valence-corrected chi connectivity index (χ2v) is 8.83. The number of amides is 2. The smallest absolute Gasteiger partial charge is 0.315 e. The minimum Gasteiger partial charge on any atom is -0.337 e. The van der Waals surface area contributed by atoms with E-state index < -0.39 is 17.9 Å². The summed E-state index contributed by atoms with van der Waals surface area (Å²) in [5.41, 5.74) is 2.29. The van der Waals surface area contributed by atoms with Crippen LogP contribution in [-0.4, -0.2) is 26.3 Å². The van der Waals surface area contributed by atoms with Crippen LogP contribution in [0.3, 0.4) is 0 Å². The Kier molecular flexibility index (Phi) is 6.93. The number of carbonyl (C=O) groups is 2. The van der Waals surface area contributed by atoms with Crippen LogP contribution < -0.4 is 10.6 Å². The fourth-order valence-corrected chi connectivity index (χ4v) is 4.15. The first kappa shape index (κ1) is 23.4. The predicted octanol–water partition coefficient (Wildman–Crippen LogP) is 4.57. The van der Waals surface area contributed by atoms with E-state index in [2.05, 4.69) is 26.7 Å². The molecule has 0 aliphatic rings. The summed E-state index contributed by atoms with van der Waals surface area (Å²) < 4.78 is 1.65. The van der Waals surface area contributed by atoms with E-state index in [-0.39, 0.29) is 5.13 Å². The molecule has 1 unspecified atom stereocenters. The molecule has 2 amide bonds. The van der Waals surface area contributed by atoms with Crippen LogP contribution in [-0.2, 0) is 16.6 Å². The monoisotopic (exact) mass is 510 g/mol. The van der Waals surface area contributed by atoms with Gasteiger partial charge in [0.1, 0.15) is 10.8 Å². The van der Waals surface area contributed by atoms with Crippen LogP contribution in [0.5, 0.6) is 0 Å². The van der Waals surface area contributed by atoms with Crippen molar-refractivity contribution in [3.63, 3.8) is 0 Å². The van der Waals surface area contributed by atoms with Crippen molar-refractivity contribution in [2.75, 3.05) is 5.32 Å². The van der Waals surface area contributed by atoms with Crippen LogP contribution in [0, 0.1) is 11.3 Å². The number of benzene rings is 2. The van der Waals surface area contributed by atoms with E-state index >= 15 is 0 Å². The number of carbonyl (C=O) groups excluding carboxylic acids is 2. The molecule has 4 aromatic rings. The zero-order chi connectivity index (χ0) is 24.2. The van der Waals surface area contributed by atoms with Gasteiger partial charge < -0.3 is 9.88 Å². The van der Waals surface area contributed by atoms with Crippen molar-refractivity contribution in [3.05, 3.63) is 87.0 Å². The highest BCUT2D eigenvalue weighted by Gasteiger charge is 2.23. The van der Waals surface area contributed by atoms with Gasteiger partial charge >= 0.3 is 11.8 Å². The molecule has 0 bridgehead atoms. The SMILES string of the molecule is Cn1c(Cl)cnc1-c1csc(NC(=O)C(=O)NC(c2ccc(Cl)cc2)c2cccc(C#N)c2)n1. The Morgan fingerprint density at radius 2 is 1.88 bits per heavy atom. The van der Waals surface area contributed by atoms with Crippen molar-refractivity contribution in [2.24, 2.45) is 7.05 Å². The lowest BCUT2D eigenvalue weighted by atomic mass is 9.97. The maximum absolute atomic E-state index is 12.8. The number of hydrogen-bond donors (Lipinski definition) is 2. The number of anilines is 1. The van der Waals surface area contributed by atoms with Crippen LogP contribution >= 0.6 is 34.5 Å². The van der Waals surface area contributed by atoms with Gasteiger partial charge in [0.05, 0.1) is 23.9 Å². The van der Waals surface area contributed by atoms with E-state index in [1.807, 2.05) is 0 Å². The first-order valence-corrected chi connectivity index (χ1v) is 11.5. The van der Waals surface area contributed by atoms with Crippen molar-refractivity contribution in [1.29, 1.82) is 5.26 Å². The first-order valence-electron chi connectivity index (χ1n) is 9.86. The third-order valence-corrected chi connectivity index (χ3v) is 6.28. The molecular weight excluding hydrogens is 495 g/mol. The number of halogens is 2. The number of nitrogens with one attached hydrogen (secondary N) is 2. The Labute approximate surface area is 208 Å². The molecule has 0 saturated carbocycles. The van der Waals surface area contributed by atoms with Crippen molar-refractivity contribution in [2.45, 2.75) is 6.04 Å². The zero-order valence-electron chi connectivity index (χ0n) is 17.6. The Morgan fingerprint density at radius 1 is 1.12 bits per heavy atom. The van der Waals surface area contributed by atoms with Crippen molar-refractivity contribution in [3.8, 4) is 17.6 Å². The Balaban J connectivity index is 1.53. The summed E-state index contributed by atoms with van der Waals surface area (Å²) in [6.07, 6.45) is 1.50. The number of nitrogens with zero attached hydrogens (tertiary/aromatic N) is 4. The van der Waals surface area contributed by atoms with Crippen LogP contribution in [0.25, 0.3) is 11.5 Å². The summed E-state index contributed by atoms with van der Waals surface area (Å²) in [6, 6.07) is 15.1. The van der Waals surface area contributed by atoms with Crippen molar-refractivity contribution >= 4 is 51.5 Å². The normalized spacial score (nSPS) is 11.5. The van der Waals surface area contributed by atoms with Gasteiger partial charge in [0.2, 0.25) is 0 Å². The standard InChI is InChI=1S/C23H16Cl2N6O2S/c1-31-18(25)11-27-20(31)17-12-34-23(28-17)30-22(33)21(32)29-19(14-5-7-16(24)8-6-14)15-4-2-3-13(9-15)10-26/h2-9,11-12,19H,1H3,(H,29,32)(H,28,30,33). The molecule has 8 nitrogen and oxygen atoms in total. The van der Waals surface area contributed by atoms with Crippen LogP contribution in [0.4, 0.5) is 5.13 Å². The minimum atomic E-state index is -0.880. The molecule has 2 aromatic carbocycles. The Bertz CT molecular complexity index is 1410. The third kappa shape index (κ3) is 5.10. The predicted molar refractivity (Wildman–Crippen MR) is 131 cm³/mol. The van der Waals surface area contributed by atoms with Crippen molar-refractivity contribution < 1.29 is 9.59 Å². The maximum Gasteiger partial charge on any atom is 0.315 e. The molecule has 0 saturated heterocycles. The highest BCUT2D eigenvalue weighted by Crippen LogP contribution is 2.27. The lowest BCUT2D eigenvalue weighted by Gasteiger charge is -2.20. The molecule has 1 atom stereocenters. The fraction of sp³-hybridized carbons (Fsp3) is 0.0870. The highest BCUT2D eigenvalue weighted by atomic mass is 35.5. The Morgan fingerprint density at radius 3 is 2.56 bits per heavy atom. The topological polar surface area (TPSA) is 113 Å². The number of nitriles is 1. The molecule has 4 rings (SSSR count). The Hall–Kier alpha value is -3.71. The molecular formula is C23H16Cl2N6O2S. The molecule has 0 aliphatic carbocycles. The summed E-state index contributed by atoms with van der Waals surface area (Å²) in [6.45, 7) is 0. The van der Waals surface area contributed by atoms with E-state index in [0.717, 1.165) is 11.3 Å². The van der Waals surface area contributed by atoms with Gasteiger partial charge in [-0.1, -0.05) is 47.5 Å². The highest BCUT2D eigenvalue weighted by molar-refractivity contribution is 7.14. The third-order valence-electron chi connectivity index (χ3n) is 4.92. The summed E-state index contributed by atoms with van der Waals surface area (Å²) >= 11 is 13.2. The van der Waals surface area contributed by atoms with Gasteiger partial charge in [0.25, 0.3) is 0 Å². The van der Waals surface area contributed by atoms with Crippen molar-refractivity contribution in [1.82, 2.24) is 19.9 Å². The van der Waals surface area contributed by atoms with Gasteiger partial charge in [-0.2, -0.15) is 5.26 Å². The van der Waals surface area contributed by atoms with Crippen LogP contribution in [0.2, 0.25) is 10.2 Å². The number of rotatable bonds is 5. The number of hydrogen-bond acceptors (Lipinski definition) is 6. The molecule has 11 heteroatoms. The first-order chi connectivity index (χ1) is 16.4. The van der Waals surface area contributed by atoms with Gasteiger partial charge in [0.15, 0.2) is 11.0 Å². The fourth-order valence-electron chi connectivity index (χ4n) is 3.21. The summed E-state index contributed by atoms with van der Waals surface area (Å²) in [7, 11) is 1.74. The lowest BCUT2D eigenvalue weighted by Crippen LogP contribution is -2.38. The van der Waals surface area contributed by atoms with Gasteiger partial charge in [-0.05, 0) is 35.4 Å². The maximum atomic E-state index is 12.8. The molecule has 0 fully saturated rings. The molecule has 0 radical (unpaired) electrons.